The van der Waals surface area contributed by atoms with Gasteiger partial charge in [0.25, 0.3) is 0 Å². The third kappa shape index (κ3) is 1.42. The highest BCUT2D eigenvalue weighted by atomic mass is 127. The van der Waals surface area contributed by atoms with E-state index in [0.29, 0.717) is 0 Å². The first kappa shape index (κ1) is 8.96. The van der Waals surface area contributed by atoms with E-state index >= 15 is 0 Å². The van der Waals surface area contributed by atoms with E-state index in [0.717, 1.165) is 20.0 Å². The summed E-state index contributed by atoms with van der Waals surface area (Å²) in [5.74, 6) is 0. The first-order valence-electron chi connectivity index (χ1n) is 3.17. The van der Waals surface area contributed by atoms with Crippen LogP contribution in [0.3, 0.4) is 0 Å². The number of rotatable bonds is 0. The van der Waals surface area contributed by atoms with Gasteiger partial charge in [-0.15, -0.1) is 0 Å². The van der Waals surface area contributed by atoms with Gasteiger partial charge in [-0.3, -0.25) is 5.10 Å². The maximum absolute atomic E-state index is 4.13. The minimum absolute atomic E-state index is 0.917. The molecular weight excluding hydrogens is 399 g/mol. The monoisotopic (exact) mass is 400 g/mol. The molecule has 0 saturated carbocycles. The van der Waals surface area contributed by atoms with E-state index in [4.69, 9.17) is 0 Å². The second-order valence-corrected chi connectivity index (χ2v) is 5.21. The molecule has 12 heavy (non-hydrogen) atoms. The van der Waals surface area contributed by atoms with Crippen molar-refractivity contribution >= 4 is 65.4 Å². The summed E-state index contributed by atoms with van der Waals surface area (Å²) in [5.41, 5.74) is 0.973. The van der Waals surface area contributed by atoms with Crippen LogP contribution in [0.5, 0.6) is 0 Å². The Bertz CT molecular complexity index is 438. The third-order valence-corrected chi connectivity index (χ3v) is 3.35. The smallest absolute Gasteiger partial charge is 0.109 e. The molecule has 0 spiro atoms. The predicted octanol–water partition coefficient (Wildman–Crippen LogP) is 3.69. The zero-order valence-corrected chi connectivity index (χ0v) is 11.1. The summed E-state index contributed by atoms with van der Waals surface area (Å²) in [6.45, 7) is 0. The number of fused-ring (bicyclic) bond motifs is 1. The summed E-state index contributed by atoms with van der Waals surface area (Å²) in [4.78, 5) is 0. The number of nitrogens with one attached hydrogen (secondary N) is 1. The summed E-state index contributed by atoms with van der Waals surface area (Å²) in [6, 6.07) is 4.09. The van der Waals surface area contributed by atoms with Gasteiger partial charge < -0.3 is 0 Å². The average molecular weight is 402 g/mol. The lowest BCUT2D eigenvalue weighted by Crippen LogP contribution is -1.74. The largest absolute Gasteiger partial charge is 0.270 e. The Morgan fingerprint density at radius 2 is 2.08 bits per heavy atom. The summed E-state index contributed by atoms with van der Waals surface area (Å²) in [5, 5.41) is 8.10. The Morgan fingerprint density at radius 1 is 1.33 bits per heavy atom. The van der Waals surface area contributed by atoms with Gasteiger partial charge in [-0.05, 0) is 66.6 Å². The lowest BCUT2D eigenvalue weighted by molar-refractivity contribution is 1.10. The van der Waals surface area contributed by atoms with Crippen molar-refractivity contribution in [1.82, 2.24) is 10.2 Å². The Balaban J connectivity index is 2.93. The molecular formula is C7H3Br2IN2. The molecule has 62 valence electrons. The van der Waals surface area contributed by atoms with Crippen molar-refractivity contribution in [2.24, 2.45) is 0 Å². The number of aromatic amines is 1. The Kier molecular flexibility index (Phi) is 2.44. The number of aromatic nitrogens is 2. The van der Waals surface area contributed by atoms with Crippen LogP contribution in [0.25, 0.3) is 10.9 Å². The Hall–Kier alpha value is 0.380. The molecule has 0 aliphatic heterocycles. The molecule has 2 rings (SSSR count). The van der Waals surface area contributed by atoms with Crippen molar-refractivity contribution in [3.8, 4) is 0 Å². The van der Waals surface area contributed by atoms with Gasteiger partial charge in [0.15, 0.2) is 0 Å². The number of hydrogen-bond donors (Lipinski definition) is 1. The molecule has 0 saturated heterocycles. The lowest BCUT2D eigenvalue weighted by Gasteiger charge is -1.94. The predicted molar refractivity (Wildman–Crippen MR) is 64.2 cm³/mol. The van der Waals surface area contributed by atoms with Crippen molar-refractivity contribution in [3.05, 3.63) is 24.8 Å². The normalized spacial score (nSPS) is 10.9. The van der Waals surface area contributed by atoms with E-state index in [1.165, 1.54) is 3.57 Å². The van der Waals surface area contributed by atoms with Gasteiger partial charge in [0.2, 0.25) is 0 Å². The maximum atomic E-state index is 4.13. The second kappa shape index (κ2) is 3.26. The molecule has 1 aromatic carbocycles. The molecule has 0 atom stereocenters. The van der Waals surface area contributed by atoms with E-state index in [1.807, 2.05) is 6.07 Å². The van der Waals surface area contributed by atoms with Crippen LogP contribution in [0, 0.1) is 3.57 Å². The van der Waals surface area contributed by atoms with Gasteiger partial charge in [-0.1, -0.05) is 0 Å². The third-order valence-electron chi connectivity index (χ3n) is 1.53. The zero-order chi connectivity index (χ0) is 8.72. The summed E-state index contributed by atoms with van der Waals surface area (Å²) >= 11 is 9.14. The molecule has 0 radical (unpaired) electrons. The van der Waals surface area contributed by atoms with Crippen LogP contribution in [-0.4, -0.2) is 10.2 Å². The standard InChI is InChI=1S/C7H3Br2IN2/c8-4-1-3(10)2-5-6(4)7(9)12-11-5/h1-2H,(H,11,12). The molecule has 0 aliphatic rings. The van der Waals surface area contributed by atoms with Crippen LogP contribution >= 0.6 is 54.5 Å². The van der Waals surface area contributed by atoms with Crippen molar-refractivity contribution < 1.29 is 0 Å². The summed E-state index contributed by atoms with van der Waals surface area (Å²) < 4.78 is 3.15. The number of hydrogen-bond acceptors (Lipinski definition) is 1. The van der Waals surface area contributed by atoms with E-state index in [9.17, 15) is 0 Å². The highest BCUT2D eigenvalue weighted by Gasteiger charge is 2.06. The fraction of sp³-hybridized carbons (Fsp3) is 0. The minimum atomic E-state index is 0.917. The number of benzene rings is 1. The molecule has 2 nitrogen and oxygen atoms in total. The molecule has 0 unspecified atom stereocenters. The maximum Gasteiger partial charge on any atom is 0.109 e. The van der Waals surface area contributed by atoms with Crippen LogP contribution in [0.4, 0.5) is 0 Å². The number of nitrogens with zero attached hydrogens (tertiary/aromatic N) is 1. The molecule has 0 bridgehead atoms. The van der Waals surface area contributed by atoms with Crippen molar-refractivity contribution in [2.75, 3.05) is 0 Å². The van der Waals surface area contributed by atoms with Crippen molar-refractivity contribution in [3.63, 3.8) is 0 Å². The lowest BCUT2D eigenvalue weighted by atomic mass is 10.3. The molecule has 2 aromatic rings. The molecule has 5 heteroatoms. The number of halogens is 3. The average Bonchev–Trinajstić information content (AvgIpc) is 2.31. The molecule has 0 aliphatic carbocycles. The molecule has 0 amide bonds. The Labute approximate surface area is 99.5 Å². The first-order chi connectivity index (χ1) is 5.68. The zero-order valence-electron chi connectivity index (χ0n) is 5.74. The highest BCUT2D eigenvalue weighted by Crippen LogP contribution is 2.30. The first-order valence-corrected chi connectivity index (χ1v) is 5.83. The molecule has 1 N–H and O–H groups in total. The van der Waals surface area contributed by atoms with Gasteiger partial charge in [0, 0.05) is 13.4 Å². The van der Waals surface area contributed by atoms with E-state index in [1.54, 1.807) is 0 Å². The van der Waals surface area contributed by atoms with Gasteiger partial charge in [-0.25, -0.2) is 0 Å². The van der Waals surface area contributed by atoms with Crippen LogP contribution < -0.4 is 0 Å². The topological polar surface area (TPSA) is 28.7 Å². The van der Waals surface area contributed by atoms with Crippen LogP contribution in [0.1, 0.15) is 0 Å². The number of H-pyrrole nitrogens is 1. The van der Waals surface area contributed by atoms with E-state index in [2.05, 4.69) is 70.7 Å². The highest BCUT2D eigenvalue weighted by molar-refractivity contribution is 14.1. The van der Waals surface area contributed by atoms with Crippen molar-refractivity contribution in [2.45, 2.75) is 0 Å². The quantitative estimate of drug-likeness (QED) is 0.670. The summed E-state index contributed by atoms with van der Waals surface area (Å²) in [7, 11) is 0. The van der Waals surface area contributed by atoms with Gasteiger partial charge >= 0.3 is 0 Å². The fourth-order valence-corrected chi connectivity index (χ4v) is 3.48. The van der Waals surface area contributed by atoms with E-state index < -0.39 is 0 Å². The van der Waals surface area contributed by atoms with Gasteiger partial charge in [0.1, 0.15) is 4.60 Å². The van der Waals surface area contributed by atoms with Gasteiger partial charge in [-0.2, -0.15) is 5.10 Å². The fourth-order valence-electron chi connectivity index (χ4n) is 1.03. The summed E-state index contributed by atoms with van der Waals surface area (Å²) in [6.07, 6.45) is 0. The van der Waals surface area contributed by atoms with Gasteiger partial charge in [0.05, 0.1) is 5.52 Å². The Morgan fingerprint density at radius 3 is 2.83 bits per heavy atom. The molecule has 0 fully saturated rings. The van der Waals surface area contributed by atoms with Crippen LogP contribution in [-0.2, 0) is 0 Å². The molecule has 1 aromatic heterocycles. The molecule has 1 heterocycles. The van der Waals surface area contributed by atoms with Crippen molar-refractivity contribution in [1.29, 1.82) is 0 Å². The SMILES string of the molecule is Brc1cc(I)cc2n[nH]c(Br)c12. The van der Waals surface area contributed by atoms with Crippen LogP contribution in [0.2, 0.25) is 0 Å². The van der Waals surface area contributed by atoms with Crippen LogP contribution in [0.15, 0.2) is 21.2 Å². The van der Waals surface area contributed by atoms with E-state index in [-0.39, 0.29) is 0 Å². The minimum Gasteiger partial charge on any atom is -0.270 e. The second-order valence-electron chi connectivity index (χ2n) is 2.32.